The molecule has 4 aromatic rings. The third-order valence-electron chi connectivity index (χ3n) is 7.22. The van der Waals surface area contributed by atoms with E-state index in [-0.39, 0.29) is 5.97 Å². The van der Waals surface area contributed by atoms with Gasteiger partial charge in [-0.1, -0.05) is 24.3 Å². The van der Waals surface area contributed by atoms with Crippen molar-refractivity contribution in [3.8, 4) is 0 Å². The van der Waals surface area contributed by atoms with Crippen LogP contribution in [0.2, 0.25) is 0 Å². The molecule has 5 rings (SSSR count). The molecule has 0 fully saturated rings. The van der Waals surface area contributed by atoms with Gasteiger partial charge in [-0.3, -0.25) is 4.98 Å². The van der Waals surface area contributed by atoms with Gasteiger partial charge in [0.05, 0.1) is 5.56 Å². The van der Waals surface area contributed by atoms with E-state index in [0.717, 1.165) is 52.9 Å². The van der Waals surface area contributed by atoms with Gasteiger partial charge in [0.15, 0.2) is 0 Å². The summed E-state index contributed by atoms with van der Waals surface area (Å²) in [4.78, 5) is 20.3. The number of anilines is 1. The first-order valence-corrected chi connectivity index (χ1v) is 12.1. The van der Waals surface area contributed by atoms with Crippen LogP contribution in [0.15, 0.2) is 60.8 Å². The standard InChI is InChI=1S/C29H31N3O2/c1-6-31(7-2)21-15-16-24(19(4)18-21)29(27-23(28(33)34-29)13-11-17-30-27)26-20(5)32(8-3)25-14-10-9-12-22(25)26/h9-18H,6-8H2,1-5H3/t29-/m0/s1. The third-order valence-corrected chi connectivity index (χ3v) is 7.22. The van der Waals surface area contributed by atoms with Gasteiger partial charge in [-0.15, -0.1) is 0 Å². The van der Waals surface area contributed by atoms with E-state index in [1.165, 1.54) is 5.69 Å². The van der Waals surface area contributed by atoms with Gasteiger partial charge in [0, 0.05) is 59.2 Å². The first-order valence-electron chi connectivity index (χ1n) is 12.1. The van der Waals surface area contributed by atoms with Crippen LogP contribution in [-0.2, 0) is 16.9 Å². The van der Waals surface area contributed by atoms with Crippen molar-refractivity contribution in [3.63, 3.8) is 0 Å². The van der Waals surface area contributed by atoms with Gasteiger partial charge in [0.2, 0.25) is 5.60 Å². The highest BCUT2D eigenvalue weighted by Crippen LogP contribution is 2.51. The second-order valence-corrected chi connectivity index (χ2v) is 8.86. The van der Waals surface area contributed by atoms with Crippen LogP contribution in [0, 0.1) is 13.8 Å². The number of benzene rings is 2. The summed E-state index contributed by atoms with van der Waals surface area (Å²) in [6, 6.07) is 18.4. The lowest BCUT2D eigenvalue weighted by atomic mass is 9.79. The summed E-state index contributed by atoms with van der Waals surface area (Å²) in [7, 11) is 0. The zero-order valence-electron chi connectivity index (χ0n) is 20.6. The van der Waals surface area contributed by atoms with Gasteiger partial charge >= 0.3 is 5.97 Å². The fraction of sp³-hybridized carbons (Fsp3) is 0.310. The highest BCUT2D eigenvalue weighted by Gasteiger charge is 2.53. The number of para-hydroxylation sites is 1. The van der Waals surface area contributed by atoms with Crippen molar-refractivity contribution in [3.05, 3.63) is 94.4 Å². The summed E-state index contributed by atoms with van der Waals surface area (Å²) in [5, 5.41) is 1.08. The van der Waals surface area contributed by atoms with E-state index < -0.39 is 5.60 Å². The first kappa shape index (κ1) is 22.2. The van der Waals surface area contributed by atoms with Crippen LogP contribution in [-0.4, -0.2) is 28.6 Å². The van der Waals surface area contributed by atoms with Gasteiger partial charge in [-0.2, -0.15) is 0 Å². The van der Waals surface area contributed by atoms with E-state index in [9.17, 15) is 4.79 Å². The van der Waals surface area contributed by atoms with E-state index in [4.69, 9.17) is 9.72 Å². The third kappa shape index (κ3) is 2.99. The lowest BCUT2D eigenvalue weighted by Gasteiger charge is -2.32. The number of hydrogen-bond acceptors (Lipinski definition) is 4. The summed E-state index contributed by atoms with van der Waals surface area (Å²) in [6.45, 7) is 13.4. The smallest absolute Gasteiger partial charge is 0.341 e. The molecule has 34 heavy (non-hydrogen) atoms. The maximum atomic E-state index is 13.3. The Morgan fingerprint density at radius 3 is 2.47 bits per heavy atom. The predicted molar refractivity (Wildman–Crippen MR) is 137 cm³/mol. The zero-order chi connectivity index (χ0) is 24.0. The molecule has 2 aromatic carbocycles. The molecule has 0 amide bonds. The number of rotatable bonds is 6. The molecular weight excluding hydrogens is 422 g/mol. The summed E-state index contributed by atoms with van der Waals surface area (Å²) >= 11 is 0. The Kier molecular flexibility index (Phi) is 5.43. The predicted octanol–water partition coefficient (Wildman–Crippen LogP) is 5.98. The maximum absolute atomic E-state index is 13.3. The summed E-state index contributed by atoms with van der Waals surface area (Å²) in [6.07, 6.45) is 1.75. The largest absolute Gasteiger partial charge is 0.439 e. The maximum Gasteiger partial charge on any atom is 0.341 e. The van der Waals surface area contributed by atoms with Crippen molar-refractivity contribution in [2.75, 3.05) is 18.0 Å². The lowest BCUT2D eigenvalue weighted by molar-refractivity contribution is 0.0244. The molecule has 0 N–H and O–H groups in total. The highest BCUT2D eigenvalue weighted by atomic mass is 16.6. The summed E-state index contributed by atoms with van der Waals surface area (Å²) in [5.41, 5.74) is 6.50. The molecule has 0 spiro atoms. The van der Waals surface area contributed by atoms with Gasteiger partial charge in [-0.05, 0) is 70.5 Å². The van der Waals surface area contributed by atoms with Crippen molar-refractivity contribution in [1.82, 2.24) is 9.55 Å². The monoisotopic (exact) mass is 453 g/mol. The molecular formula is C29H31N3O2. The Bertz CT molecular complexity index is 1400. The topological polar surface area (TPSA) is 47.4 Å². The number of aryl methyl sites for hydroxylation is 2. The molecule has 0 bridgehead atoms. The minimum atomic E-state index is -1.11. The van der Waals surface area contributed by atoms with Crippen LogP contribution in [0.5, 0.6) is 0 Å². The molecule has 0 aliphatic carbocycles. The van der Waals surface area contributed by atoms with E-state index in [0.29, 0.717) is 11.3 Å². The fourth-order valence-corrected chi connectivity index (χ4v) is 5.69. The number of carbonyl (C=O) groups is 1. The highest BCUT2D eigenvalue weighted by molar-refractivity contribution is 5.98. The molecule has 174 valence electrons. The molecule has 2 aromatic heterocycles. The van der Waals surface area contributed by atoms with E-state index in [2.05, 4.69) is 80.5 Å². The molecule has 1 aliphatic heterocycles. The van der Waals surface area contributed by atoms with Crippen LogP contribution in [0.4, 0.5) is 5.69 Å². The molecule has 1 aliphatic rings. The molecule has 5 nitrogen and oxygen atoms in total. The van der Waals surface area contributed by atoms with Crippen LogP contribution < -0.4 is 4.90 Å². The number of hydrogen-bond donors (Lipinski definition) is 0. The minimum absolute atomic E-state index is 0.331. The number of fused-ring (bicyclic) bond motifs is 2. The van der Waals surface area contributed by atoms with Crippen molar-refractivity contribution < 1.29 is 9.53 Å². The number of ether oxygens (including phenoxy) is 1. The molecule has 5 heteroatoms. The number of carbonyl (C=O) groups excluding carboxylic acids is 1. The van der Waals surface area contributed by atoms with Crippen LogP contribution in [0.1, 0.15) is 59.2 Å². The zero-order valence-corrected chi connectivity index (χ0v) is 20.6. The number of nitrogens with zero attached hydrogens (tertiary/aromatic N) is 3. The Morgan fingerprint density at radius 2 is 1.76 bits per heavy atom. The Labute approximate surface area is 201 Å². The number of aromatic nitrogens is 2. The summed E-state index contributed by atoms with van der Waals surface area (Å²) < 4.78 is 8.74. The molecule has 0 unspecified atom stereocenters. The van der Waals surface area contributed by atoms with Crippen LogP contribution in [0.25, 0.3) is 10.9 Å². The average molecular weight is 454 g/mol. The quantitative estimate of drug-likeness (QED) is 0.337. The second-order valence-electron chi connectivity index (χ2n) is 8.86. The van der Waals surface area contributed by atoms with Gasteiger partial charge in [0.1, 0.15) is 5.69 Å². The van der Waals surface area contributed by atoms with Crippen molar-refractivity contribution in [2.24, 2.45) is 0 Å². The van der Waals surface area contributed by atoms with Crippen molar-refractivity contribution in [1.29, 1.82) is 0 Å². The fourth-order valence-electron chi connectivity index (χ4n) is 5.69. The van der Waals surface area contributed by atoms with E-state index in [1.54, 1.807) is 12.3 Å². The Morgan fingerprint density at radius 1 is 1.00 bits per heavy atom. The van der Waals surface area contributed by atoms with Gasteiger partial charge in [0.25, 0.3) is 0 Å². The number of pyridine rings is 1. The number of cyclic esters (lactones) is 1. The normalized spacial score (nSPS) is 17.1. The molecule has 0 saturated carbocycles. The van der Waals surface area contributed by atoms with Crippen molar-refractivity contribution >= 4 is 22.6 Å². The van der Waals surface area contributed by atoms with Gasteiger partial charge in [-0.25, -0.2) is 4.79 Å². The van der Waals surface area contributed by atoms with Gasteiger partial charge < -0.3 is 14.2 Å². The SMILES string of the molecule is CCN(CC)c1ccc([C@@]2(c3c(C)n(CC)c4ccccc34)OC(=O)c3cccnc32)c(C)c1. The second kappa shape index (κ2) is 8.32. The molecule has 1 atom stereocenters. The minimum Gasteiger partial charge on any atom is -0.439 e. The lowest BCUT2D eigenvalue weighted by Crippen LogP contribution is -2.32. The number of esters is 1. The molecule has 0 radical (unpaired) electrons. The molecule has 3 heterocycles. The van der Waals surface area contributed by atoms with Crippen LogP contribution >= 0.6 is 0 Å². The summed E-state index contributed by atoms with van der Waals surface area (Å²) in [5.74, 6) is -0.331. The van der Waals surface area contributed by atoms with Crippen LogP contribution in [0.3, 0.4) is 0 Å². The average Bonchev–Trinajstić information content (AvgIpc) is 3.31. The molecule has 0 saturated heterocycles. The first-order chi connectivity index (χ1) is 16.5. The Hall–Kier alpha value is -3.60. The Balaban J connectivity index is 1.88. The van der Waals surface area contributed by atoms with E-state index in [1.807, 2.05) is 12.1 Å². The van der Waals surface area contributed by atoms with E-state index >= 15 is 0 Å². The van der Waals surface area contributed by atoms with Crippen molar-refractivity contribution in [2.45, 2.75) is 46.8 Å².